The molecule has 0 heterocycles. The van der Waals surface area contributed by atoms with Gasteiger partial charge in [0.1, 0.15) is 6.10 Å². The molecule has 0 bridgehead atoms. The Labute approximate surface area is 360 Å². The Kier molecular flexibility index (Phi) is 44.6. The maximum Gasteiger partial charge on any atom is 0.306 e. The van der Waals surface area contributed by atoms with Gasteiger partial charge in [-0.05, 0) is 57.8 Å². The van der Waals surface area contributed by atoms with Crippen LogP contribution in [0.25, 0.3) is 0 Å². The SMILES string of the molecule is CC/C=C/C/C=C/C/C=C/CCCCC(CC(=O)NC(CO)C(O)CCCCCCCCCCCCCCCCC)OC(=O)CCCCCCCCCCCCCC. The number of amides is 1. The van der Waals surface area contributed by atoms with Crippen LogP contribution in [-0.4, -0.2) is 46.9 Å². The fourth-order valence-electron chi connectivity index (χ4n) is 7.68. The number of unbranched alkanes of at least 4 members (excludes halogenated alkanes) is 27. The predicted molar refractivity (Wildman–Crippen MR) is 250 cm³/mol. The molecule has 0 aromatic heterocycles. The molecule has 0 fully saturated rings. The molecule has 0 aliphatic heterocycles. The predicted octanol–water partition coefficient (Wildman–Crippen LogP) is 14.9. The van der Waals surface area contributed by atoms with Crippen molar-refractivity contribution < 1.29 is 24.5 Å². The number of aliphatic hydroxyl groups excluding tert-OH is 2. The molecule has 0 radical (unpaired) electrons. The van der Waals surface area contributed by atoms with Crippen molar-refractivity contribution in [3.05, 3.63) is 36.5 Å². The summed E-state index contributed by atoms with van der Waals surface area (Å²) in [5, 5.41) is 23.7. The standard InChI is InChI=1S/C52H97NO5/c1-4-7-10-13-16-19-22-25-26-27-29-32-35-38-41-44-50(55)49(47-54)53-51(56)46-48(43-40-37-34-31-28-23-20-17-14-11-8-5-2)58-52(57)45-42-39-36-33-30-24-21-18-15-12-9-6-3/h8,11,17,20,28,31,48-50,54-55H,4-7,9-10,12-16,18-19,21-27,29-30,32-47H2,1-3H3,(H,53,56)/b11-8+,20-17+,31-28+. The van der Waals surface area contributed by atoms with Crippen LogP contribution in [0.5, 0.6) is 0 Å². The summed E-state index contributed by atoms with van der Waals surface area (Å²) < 4.78 is 5.90. The third-order valence-electron chi connectivity index (χ3n) is 11.5. The first-order valence-corrected chi connectivity index (χ1v) is 25.2. The van der Waals surface area contributed by atoms with E-state index in [1.165, 1.54) is 135 Å². The van der Waals surface area contributed by atoms with Gasteiger partial charge in [0.2, 0.25) is 5.91 Å². The minimum atomic E-state index is -0.794. The molecule has 3 atom stereocenters. The number of ether oxygens (including phenoxy) is 1. The molecule has 340 valence electrons. The first kappa shape index (κ1) is 56.1. The second kappa shape index (κ2) is 46.2. The van der Waals surface area contributed by atoms with Gasteiger partial charge in [-0.15, -0.1) is 0 Å². The van der Waals surface area contributed by atoms with Crippen molar-refractivity contribution in [1.82, 2.24) is 5.32 Å². The van der Waals surface area contributed by atoms with Crippen LogP contribution < -0.4 is 5.32 Å². The third kappa shape index (κ3) is 40.8. The van der Waals surface area contributed by atoms with E-state index in [4.69, 9.17) is 4.74 Å². The molecule has 0 saturated heterocycles. The van der Waals surface area contributed by atoms with Crippen LogP contribution in [-0.2, 0) is 14.3 Å². The van der Waals surface area contributed by atoms with E-state index in [1.807, 2.05) is 0 Å². The first-order chi connectivity index (χ1) is 28.5. The van der Waals surface area contributed by atoms with E-state index in [0.717, 1.165) is 77.0 Å². The molecular weight excluding hydrogens is 719 g/mol. The Morgan fingerprint density at radius 3 is 1.40 bits per heavy atom. The van der Waals surface area contributed by atoms with Gasteiger partial charge in [-0.1, -0.05) is 224 Å². The van der Waals surface area contributed by atoms with Crippen LogP contribution in [0.1, 0.15) is 258 Å². The van der Waals surface area contributed by atoms with E-state index in [9.17, 15) is 19.8 Å². The van der Waals surface area contributed by atoms with Gasteiger partial charge in [-0.25, -0.2) is 0 Å². The van der Waals surface area contributed by atoms with Crippen molar-refractivity contribution in [1.29, 1.82) is 0 Å². The zero-order valence-electron chi connectivity index (χ0n) is 38.7. The lowest BCUT2D eigenvalue weighted by atomic mass is 10.0. The lowest BCUT2D eigenvalue weighted by Crippen LogP contribution is -2.46. The summed E-state index contributed by atoms with van der Waals surface area (Å²) in [4.78, 5) is 26.1. The van der Waals surface area contributed by atoms with Crippen LogP contribution in [0.3, 0.4) is 0 Å². The second-order valence-electron chi connectivity index (χ2n) is 17.2. The van der Waals surface area contributed by atoms with Gasteiger partial charge in [0.15, 0.2) is 0 Å². The zero-order chi connectivity index (χ0) is 42.4. The highest BCUT2D eigenvalue weighted by molar-refractivity contribution is 5.77. The molecular formula is C52H97NO5. The van der Waals surface area contributed by atoms with Crippen molar-refractivity contribution >= 4 is 11.9 Å². The van der Waals surface area contributed by atoms with E-state index in [1.54, 1.807) is 0 Å². The Morgan fingerprint density at radius 2 is 0.931 bits per heavy atom. The summed E-state index contributed by atoms with van der Waals surface area (Å²) in [6, 6.07) is -0.710. The molecule has 0 aromatic rings. The Hall–Kier alpha value is -1.92. The normalized spacial score (nSPS) is 13.5. The molecule has 0 aliphatic carbocycles. The summed E-state index contributed by atoms with van der Waals surface area (Å²) in [7, 11) is 0. The summed E-state index contributed by atoms with van der Waals surface area (Å²) in [5.41, 5.74) is 0. The molecule has 0 aromatic carbocycles. The van der Waals surface area contributed by atoms with Crippen LogP contribution in [0.15, 0.2) is 36.5 Å². The van der Waals surface area contributed by atoms with E-state index in [-0.39, 0.29) is 24.9 Å². The van der Waals surface area contributed by atoms with Gasteiger partial charge in [0.05, 0.1) is 25.2 Å². The van der Waals surface area contributed by atoms with Crippen molar-refractivity contribution in [2.75, 3.05) is 6.61 Å². The number of hydrogen-bond donors (Lipinski definition) is 3. The smallest absolute Gasteiger partial charge is 0.306 e. The molecule has 0 aliphatic rings. The maximum absolute atomic E-state index is 13.2. The van der Waals surface area contributed by atoms with Crippen LogP contribution in [0, 0.1) is 0 Å². The van der Waals surface area contributed by atoms with Gasteiger partial charge in [-0.2, -0.15) is 0 Å². The number of aliphatic hydroxyl groups is 2. The number of carbonyl (C=O) groups is 2. The molecule has 1 amide bonds. The Balaban J connectivity index is 4.55. The second-order valence-corrected chi connectivity index (χ2v) is 17.2. The topological polar surface area (TPSA) is 95.9 Å². The summed E-state index contributed by atoms with van der Waals surface area (Å²) in [5.74, 6) is -0.504. The fourth-order valence-corrected chi connectivity index (χ4v) is 7.68. The van der Waals surface area contributed by atoms with Crippen LogP contribution in [0.4, 0.5) is 0 Å². The highest BCUT2D eigenvalue weighted by Crippen LogP contribution is 2.18. The van der Waals surface area contributed by atoms with Crippen molar-refractivity contribution in [3.63, 3.8) is 0 Å². The Morgan fingerprint density at radius 1 is 0.517 bits per heavy atom. The number of hydrogen-bond acceptors (Lipinski definition) is 5. The summed E-state index contributed by atoms with van der Waals surface area (Å²) in [6.07, 6.45) is 53.5. The zero-order valence-corrected chi connectivity index (χ0v) is 38.7. The van der Waals surface area contributed by atoms with Crippen molar-refractivity contribution in [2.45, 2.75) is 277 Å². The minimum Gasteiger partial charge on any atom is -0.462 e. The van der Waals surface area contributed by atoms with Gasteiger partial charge in [0.25, 0.3) is 0 Å². The average Bonchev–Trinajstić information content (AvgIpc) is 3.22. The number of carbonyl (C=O) groups excluding carboxylic acids is 2. The maximum atomic E-state index is 13.2. The lowest BCUT2D eigenvalue weighted by Gasteiger charge is -2.24. The summed E-state index contributed by atoms with van der Waals surface area (Å²) in [6.45, 7) is 6.36. The van der Waals surface area contributed by atoms with E-state index < -0.39 is 18.2 Å². The van der Waals surface area contributed by atoms with E-state index in [2.05, 4.69) is 62.5 Å². The van der Waals surface area contributed by atoms with Crippen LogP contribution in [0.2, 0.25) is 0 Å². The van der Waals surface area contributed by atoms with Crippen molar-refractivity contribution in [2.24, 2.45) is 0 Å². The molecule has 0 saturated carbocycles. The number of rotatable bonds is 45. The number of esters is 1. The average molecular weight is 816 g/mol. The fraction of sp³-hybridized carbons (Fsp3) is 0.846. The summed E-state index contributed by atoms with van der Waals surface area (Å²) >= 11 is 0. The highest BCUT2D eigenvalue weighted by atomic mass is 16.5. The third-order valence-corrected chi connectivity index (χ3v) is 11.5. The Bertz CT molecular complexity index is 961. The molecule has 58 heavy (non-hydrogen) atoms. The number of nitrogens with one attached hydrogen (secondary N) is 1. The van der Waals surface area contributed by atoms with Crippen LogP contribution >= 0.6 is 0 Å². The first-order valence-electron chi connectivity index (χ1n) is 25.2. The van der Waals surface area contributed by atoms with Gasteiger partial charge in [0, 0.05) is 6.42 Å². The highest BCUT2D eigenvalue weighted by Gasteiger charge is 2.24. The molecule has 0 rings (SSSR count). The van der Waals surface area contributed by atoms with E-state index >= 15 is 0 Å². The molecule has 6 heteroatoms. The minimum absolute atomic E-state index is 0.0550. The van der Waals surface area contributed by atoms with E-state index in [0.29, 0.717) is 19.3 Å². The lowest BCUT2D eigenvalue weighted by molar-refractivity contribution is -0.151. The van der Waals surface area contributed by atoms with Gasteiger partial charge < -0.3 is 20.3 Å². The molecule has 3 N–H and O–H groups in total. The quantitative estimate of drug-likeness (QED) is 0.0323. The number of allylic oxidation sites excluding steroid dienone is 6. The van der Waals surface area contributed by atoms with Gasteiger partial charge >= 0.3 is 5.97 Å². The van der Waals surface area contributed by atoms with Crippen molar-refractivity contribution in [3.8, 4) is 0 Å². The molecule has 0 spiro atoms. The molecule has 3 unspecified atom stereocenters. The monoisotopic (exact) mass is 816 g/mol. The van der Waals surface area contributed by atoms with Gasteiger partial charge in [-0.3, -0.25) is 9.59 Å². The molecule has 6 nitrogen and oxygen atoms in total. The largest absolute Gasteiger partial charge is 0.462 e.